The number of aryl methyl sites for hydroxylation is 1. The smallest absolute Gasteiger partial charge is 0.191 e. The molecule has 0 aliphatic carbocycles. The van der Waals surface area contributed by atoms with E-state index in [4.69, 9.17) is 4.74 Å². The lowest BCUT2D eigenvalue weighted by Gasteiger charge is -2.34. The monoisotopic (exact) mass is 410 g/mol. The zero-order chi connectivity index (χ0) is 21.3. The number of aromatic nitrogens is 1. The first-order valence-electron chi connectivity index (χ1n) is 10.6. The van der Waals surface area contributed by atoms with Crippen LogP contribution in [0.5, 0.6) is 5.75 Å². The van der Waals surface area contributed by atoms with Gasteiger partial charge in [-0.3, -0.25) is 4.99 Å². The van der Waals surface area contributed by atoms with E-state index in [0.717, 1.165) is 49.3 Å². The first-order valence-corrected chi connectivity index (χ1v) is 10.6. The van der Waals surface area contributed by atoms with Gasteiger partial charge >= 0.3 is 0 Å². The van der Waals surface area contributed by atoms with Crippen LogP contribution < -0.4 is 20.3 Å². The molecule has 162 valence electrons. The molecular weight excluding hydrogens is 376 g/mol. The van der Waals surface area contributed by atoms with Crippen molar-refractivity contribution >= 4 is 11.8 Å². The number of anilines is 1. The maximum Gasteiger partial charge on any atom is 0.191 e. The van der Waals surface area contributed by atoms with E-state index < -0.39 is 0 Å². The summed E-state index contributed by atoms with van der Waals surface area (Å²) in [6.07, 6.45) is 1.89. The summed E-state index contributed by atoms with van der Waals surface area (Å²) in [6, 6.07) is 12.2. The molecule has 1 atom stereocenters. The molecule has 1 fully saturated rings. The summed E-state index contributed by atoms with van der Waals surface area (Å²) in [5.41, 5.74) is 2.31. The van der Waals surface area contributed by atoms with Crippen LogP contribution in [0.2, 0.25) is 0 Å². The van der Waals surface area contributed by atoms with Crippen molar-refractivity contribution in [1.29, 1.82) is 0 Å². The molecule has 0 spiro atoms. The molecule has 2 N–H and O–H groups in total. The third-order valence-electron chi connectivity index (χ3n) is 5.32. The second-order valence-electron chi connectivity index (χ2n) is 7.78. The molecular formula is C23H34N6O. The van der Waals surface area contributed by atoms with Gasteiger partial charge in [0.1, 0.15) is 17.7 Å². The van der Waals surface area contributed by atoms with Gasteiger partial charge < -0.3 is 25.2 Å². The van der Waals surface area contributed by atoms with Crippen molar-refractivity contribution in [3.8, 4) is 5.75 Å². The summed E-state index contributed by atoms with van der Waals surface area (Å²) in [4.78, 5) is 13.7. The summed E-state index contributed by atoms with van der Waals surface area (Å²) < 4.78 is 6.04. The molecule has 1 saturated heterocycles. The van der Waals surface area contributed by atoms with Crippen LogP contribution in [-0.4, -0.2) is 68.8 Å². The van der Waals surface area contributed by atoms with Crippen molar-refractivity contribution in [1.82, 2.24) is 20.5 Å². The average molecular weight is 411 g/mol. The Morgan fingerprint density at radius 2 is 1.90 bits per heavy atom. The quantitative estimate of drug-likeness (QED) is 0.539. The molecule has 0 radical (unpaired) electrons. The van der Waals surface area contributed by atoms with Crippen LogP contribution in [0.1, 0.15) is 18.1 Å². The molecule has 1 aliphatic heterocycles. The number of para-hydroxylation sites is 1. The van der Waals surface area contributed by atoms with Crippen molar-refractivity contribution in [2.75, 3.05) is 51.7 Å². The Kier molecular flexibility index (Phi) is 7.90. The lowest BCUT2D eigenvalue weighted by atomic mass is 10.2. The van der Waals surface area contributed by atoms with Crippen LogP contribution in [0, 0.1) is 6.92 Å². The second-order valence-corrected chi connectivity index (χ2v) is 7.78. The van der Waals surface area contributed by atoms with Gasteiger partial charge in [0, 0.05) is 51.5 Å². The van der Waals surface area contributed by atoms with Crippen LogP contribution in [0.25, 0.3) is 0 Å². The fourth-order valence-electron chi connectivity index (χ4n) is 3.46. The van der Waals surface area contributed by atoms with E-state index in [-0.39, 0.29) is 6.10 Å². The zero-order valence-electron chi connectivity index (χ0n) is 18.6. The molecule has 0 amide bonds. The summed E-state index contributed by atoms with van der Waals surface area (Å²) in [7, 11) is 3.95. The first-order chi connectivity index (χ1) is 14.6. The van der Waals surface area contributed by atoms with Crippen molar-refractivity contribution in [2.24, 2.45) is 4.99 Å². The van der Waals surface area contributed by atoms with E-state index in [1.807, 2.05) is 30.5 Å². The number of hydrogen-bond acceptors (Lipinski definition) is 5. The fourth-order valence-corrected chi connectivity index (χ4v) is 3.46. The maximum absolute atomic E-state index is 6.04. The molecule has 1 aromatic heterocycles. The predicted octanol–water partition coefficient (Wildman–Crippen LogP) is 2.27. The number of nitrogens with zero attached hydrogens (tertiary/aromatic N) is 4. The number of hydrogen-bond donors (Lipinski definition) is 2. The number of ether oxygens (including phenoxy) is 1. The van der Waals surface area contributed by atoms with E-state index in [1.54, 1.807) is 7.05 Å². The van der Waals surface area contributed by atoms with E-state index in [2.05, 4.69) is 63.4 Å². The number of likely N-dealkylation sites (N-methyl/N-ethyl adjacent to an activating group) is 1. The molecule has 1 unspecified atom stereocenters. The van der Waals surface area contributed by atoms with Gasteiger partial charge in [-0.15, -0.1) is 0 Å². The molecule has 1 aliphatic rings. The van der Waals surface area contributed by atoms with Crippen molar-refractivity contribution in [3.05, 3.63) is 53.7 Å². The van der Waals surface area contributed by atoms with Crippen LogP contribution in [-0.2, 0) is 6.54 Å². The third-order valence-corrected chi connectivity index (χ3v) is 5.32. The predicted molar refractivity (Wildman–Crippen MR) is 123 cm³/mol. The third kappa shape index (κ3) is 6.10. The van der Waals surface area contributed by atoms with Crippen LogP contribution >= 0.6 is 0 Å². The van der Waals surface area contributed by atoms with Crippen LogP contribution in [0.15, 0.2) is 47.6 Å². The van der Waals surface area contributed by atoms with Gasteiger partial charge in [0.2, 0.25) is 0 Å². The zero-order valence-corrected chi connectivity index (χ0v) is 18.6. The number of piperazine rings is 1. The largest absolute Gasteiger partial charge is 0.489 e. The molecule has 0 bridgehead atoms. The standard InChI is InChI=1S/C23H34N6O/c1-18-8-5-6-10-21(18)30-19(2)16-26-23(24-3)27-17-20-9-7-11-25-22(20)29-14-12-28(4)13-15-29/h5-11,19H,12-17H2,1-4H3,(H2,24,26,27). The van der Waals surface area contributed by atoms with Gasteiger partial charge in [-0.1, -0.05) is 24.3 Å². The van der Waals surface area contributed by atoms with E-state index >= 15 is 0 Å². The van der Waals surface area contributed by atoms with Gasteiger partial charge in [-0.2, -0.15) is 0 Å². The summed E-state index contributed by atoms with van der Waals surface area (Å²) in [5.74, 6) is 2.73. The van der Waals surface area contributed by atoms with E-state index in [0.29, 0.717) is 13.1 Å². The highest BCUT2D eigenvalue weighted by Crippen LogP contribution is 2.19. The Labute approximate surface area is 180 Å². The first kappa shape index (κ1) is 21.9. The normalized spacial score (nSPS) is 16.3. The molecule has 2 aromatic rings. The Hall–Kier alpha value is -2.80. The van der Waals surface area contributed by atoms with Gasteiger partial charge in [-0.25, -0.2) is 4.98 Å². The van der Waals surface area contributed by atoms with E-state index in [9.17, 15) is 0 Å². The molecule has 0 saturated carbocycles. The van der Waals surface area contributed by atoms with Gasteiger partial charge in [-0.05, 0) is 38.6 Å². The molecule has 2 heterocycles. The van der Waals surface area contributed by atoms with E-state index in [1.165, 1.54) is 5.56 Å². The highest BCUT2D eigenvalue weighted by molar-refractivity contribution is 5.79. The molecule has 30 heavy (non-hydrogen) atoms. The molecule has 7 heteroatoms. The molecule has 7 nitrogen and oxygen atoms in total. The summed E-state index contributed by atoms with van der Waals surface area (Å²) >= 11 is 0. The average Bonchev–Trinajstić information content (AvgIpc) is 2.76. The molecule has 1 aromatic carbocycles. The fraction of sp³-hybridized carbons (Fsp3) is 0.478. The minimum atomic E-state index is 0.0175. The second kappa shape index (κ2) is 10.8. The SMILES string of the molecule is CN=C(NCc1cccnc1N1CCN(C)CC1)NCC(C)Oc1ccccc1C. The Balaban J connectivity index is 1.51. The Bertz CT molecular complexity index is 832. The maximum atomic E-state index is 6.04. The van der Waals surface area contributed by atoms with Gasteiger partial charge in [0.15, 0.2) is 5.96 Å². The number of benzene rings is 1. The lowest BCUT2D eigenvalue weighted by molar-refractivity contribution is 0.222. The van der Waals surface area contributed by atoms with Crippen molar-refractivity contribution < 1.29 is 4.74 Å². The highest BCUT2D eigenvalue weighted by atomic mass is 16.5. The topological polar surface area (TPSA) is 65.0 Å². The Morgan fingerprint density at radius 1 is 1.13 bits per heavy atom. The summed E-state index contributed by atoms with van der Waals surface area (Å²) in [6.45, 7) is 9.56. The van der Waals surface area contributed by atoms with Gasteiger partial charge in [0.25, 0.3) is 0 Å². The van der Waals surface area contributed by atoms with Crippen molar-refractivity contribution in [3.63, 3.8) is 0 Å². The summed E-state index contributed by atoms with van der Waals surface area (Å²) in [5, 5.41) is 6.77. The number of nitrogens with one attached hydrogen (secondary N) is 2. The van der Waals surface area contributed by atoms with Crippen LogP contribution in [0.4, 0.5) is 5.82 Å². The minimum absolute atomic E-state index is 0.0175. The highest BCUT2D eigenvalue weighted by Gasteiger charge is 2.18. The number of guanidine groups is 1. The minimum Gasteiger partial charge on any atom is -0.489 e. The Morgan fingerprint density at radius 3 is 2.63 bits per heavy atom. The lowest BCUT2D eigenvalue weighted by Crippen LogP contribution is -2.45. The number of rotatable bonds is 7. The van der Waals surface area contributed by atoms with Crippen molar-refractivity contribution in [2.45, 2.75) is 26.5 Å². The molecule has 3 rings (SSSR count). The van der Waals surface area contributed by atoms with Gasteiger partial charge in [0.05, 0.1) is 6.54 Å². The number of aliphatic imine (C=N–C) groups is 1. The number of pyridine rings is 1. The van der Waals surface area contributed by atoms with Crippen LogP contribution in [0.3, 0.4) is 0 Å².